The van der Waals surface area contributed by atoms with E-state index in [4.69, 9.17) is 5.73 Å². The molecule has 1 aliphatic rings. The summed E-state index contributed by atoms with van der Waals surface area (Å²) in [6.45, 7) is 1.91. The van der Waals surface area contributed by atoms with Crippen molar-refractivity contribution < 1.29 is 8.42 Å². The molecule has 1 aromatic carbocycles. The molecule has 94 valence electrons. The number of nitrogens with zero attached hydrogens (tertiary/aromatic N) is 1. The minimum Gasteiger partial charge on any atom is -0.398 e. The summed E-state index contributed by atoms with van der Waals surface area (Å²) < 4.78 is 23.6. The van der Waals surface area contributed by atoms with E-state index in [1.54, 1.807) is 0 Å². The van der Waals surface area contributed by atoms with E-state index in [0.717, 1.165) is 15.7 Å². The fraction of sp³-hybridized carbons (Fsp3) is 0.455. The van der Waals surface area contributed by atoms with Gasteiger partial charge in [0.05, 0.1) is 11.5 Å². The first kappa shape index (κ1) is 12.9. The van der Waals surface area contributed by atoms with Crippen molar-refractivity contribution in [3.05, 3.63) is 28.2 Å². The standard InChI is InChI=1S/C11H15BrN2O2S/c12-10-2-1-9(11(13)7-10)8-14-3-5-17(15,16)6-4-14/h1-2,7H,3-6,8,13H2. The molecule has 1 saturated heterocycles. The number of hydrogen-bond acceptors (Lipinski definition) is 4. The van der Waals surface area contributed by atoms with Gasteiger partial charge in [-0.25, -0.2) is 8.42 Å². The minimum atomic E-state index is -2.81. The summed E-state index contributed by atoms with van der Waals surface area (Å²) in [5.74, 6) is 0.507. The molecule has 2 N–H and O–H groups in total. The summed E-state index contributed by atoms with van der Waals surface area (Å²) in [6.07, 6.45) is 0. The summed E-state index contributed by atoms with van der Waals surface area (Å²) in [4.78, 5) is 2.13. The molecule has 0 amide bonds. The minimum absolute atomic E-state index is 0.253. The molecule has 0 bridgehead atoms. The highest BCUT2D eigenvalue weighted by Crippen LogP contribution is 2.20. The van der Waals surface area contributed by atoms with Crippen LogP contribution in [0.4, 0.5) is 5.69 Å². The van der Waals surface area contributed by atoms with Crippen LogP contribution in [-0.2, 0) is 16.4 Å². The third-order valence-corrected chi connectivity index (χ3v) is 5.04. The van der Waals surface area contributed by atoms with Gasteiger partial charge in [0.25, 0.3) is 0 Å². The Morgan fingerprint density at radius 1 is 1.29 bits per heavy atom. The predicted molar refractivity (Wildman–Crippen MR) is 72.5 cm³/mol. The Hall–Kier alpha value is -0.590. The lowest BCUT2D eigenvalue weighted by Crippen LogP contribution is -2.39. The number of benzene rings is 1. The molecule has 1 heterocycles. The number of sulfone groups is 1. The Balaban J connectivity index is 2.02. The average Bonchev–Trinajstić information content (AvgIpc) is 2.25. The van der Waals surface area contributed by atoms with E-state index >= 15 is 0 Å². The molecule has 4 nitrogen and oxygen atoms in total. The first-order valence-corrected chi connectivity index (χ1v) is 8.04. The lowest BCUT2D eigenvalue weighted by atomic mass is 10.1. The number of nitrogen functional groups attached to an aromatic ring is 1. The second-order valence-corrected chi connectivity index (χ2v) is 7.49. The normalized spacial score (nSPS) is 20.3. The van der Waals surface area contributed by atoms with Crippen LogP contribution in [0.2, 0.25) is 0 Å². The van der Waals surface area contributed by atoms with E-state index in [1.165, 1.54) is 0 Å². The number of nitrogens with two attached hydrogens (primary N) is 1. The van der Waals surface area contributed by atoms with Crippen LogP contribution in [0.5, 0.6) is 0 Å². The third kappa shape index (κ3) is 3.43. The molecule has 17 heavy (non-hydrogen) atoms. The summed E-state index contributed by atoms with van der Waals surface area (Å²) >= 11 is 3.36. The van der Waals surface area contributed by atoms with Gasteiger partial charge in [0.2, 0.25) is 0 Å². The smallest absolute Gasteiger partial charge is 0.152 e. The fourth-order valence-electron chi connectivity index (χ4n) is 1.86. The first-order chi connectivity index (χ1) is 7.96. The Bertz CT molecular complexity index is 502. The van der Waals surface area contributed by atoms with E-state index in [-0.39, 0.29) is 11.5 Å². The average molecular weight is 319 g/mol. The molecule has 1 fully saturated rings. The fourth-order valence-corrected chi connectivity index (χ4v) is 3.51. The Kier molecular flexibility index (Phi) is 3.75. The lowest BCUT2D eigenvalue weighted by molar-refractivity contribution is 0.288. The molecule has 0 atom stereocenters. The van der Waals surface area contributed by atoms with Gasteiger partial charge < -0.3 is 5.73 Å². The molecule has 0 saturated carbocycles. The van der Waals surface area contributed by atoms with Gasteiger partial charge in [-0.05, 0) is 17.7 Å². The van der Waals surface area contributed by atoms with E-state index < -0.39 is 9.84 Å². The molecule has 1 aliphatic heterocycles. The van der Waals surface area contributed by atoms with Gasteiger partial charge in [-0.15, -0.1) is 0 Å². The zero-order chi connectivity index (χ0) is 12.5. The molecule has 2 rings (SSSR count). The number of rotatable bonds is 2. The van der Waals surface area contributed by atoms with E-state index in [0.29, 0.717) is 19.6 Å². The van der Waals surface area contributed by atoms with Crippen LogP contribution in [0.1, 0.15) is 5.56 Å². The molecule has 0 spiro atoms. The maximum absolute atomic E-state index is 11.3. The van der Waals surface area contributed by atoms with Crippen LogP contribution in [0.25, 0.3) is 0 Å². The van der Waals surface area contributed by atoms with Crippen molar-refractivity contribution in [2.24, 2.45) is 0 Å². The van der Waals surface area contributed by atoms with Gasteiger partial charge in [0.15, 0.2) is 9.84 Å². The quantitative estimate of drug-likeness (QED) is 0.834. The zero-order valence-corrected chi connectivity index (χ0v) is 11.8. The van der Waals surface area contributed by atoms with Gasteiger partial charge in [0, 0.05) is 29.8 Å². The maximum Gasteiger partial charge on any atom is 0.152 e. The Morgan fingerprint density at radius 2 is 1.94 bits per heavy atom. The van der Waals surface area contributed by atoms with E-state index in [2.05, 4.69) is 20.8 Å². The van der Waals surface area contributed by atoms with Crippen molar-refractivity contribution in [3.63, 3.8) is 0 Å². The summed E-state index contributed by atoms with van der Waals surface area (Å²) in [7, 11) is -2.81. The van der Waals surface area contributed by atoms with Crippen LogP contribution >= 0.6 is 15.9 Å². The molecular weight excluding hydrogens is 304 g/mol. The monoisotopic (exact) mass is 318 g/mol. The highest BCUT2D eigenvalue weighted by Gasteiger charge is 2.21. The molecule has 0 aliphatic carbocycles. The van der Waals surface area contributed by atoms with Crippen molar-refractivity contribution in [2.45, 2.75) is 6.54 Å². The highest BCUT2D eigenvalue weighted by molar-refractivity contribution is 9.10. The topological polar surface area (TPSA) is 63.4 Å². The van der Waals surface area contributed by atoms with Crippen molar-refractivity contribution in [2.75, 3.05) is 30.3 Å². The molecule has 0 unspecified atom stereocenters. The van der Waals surface area contributed by atoms with Crippen LogP contribution in [0.3, 0.4) is 0 Å². The third-order valence-electron chi connectivity index (χ3n) is 2.94. The van der Waals surface area contributed by atoms with Gasteiger partial charge in [-0.2, -0.15) is 0 Å². The second kappa shape index (κ2) is 4.96. The van der Waals surface area contributed by atoms with Gasteiger partial charge in [-0.1, -0.05) is 22.0 Å². The van der Waals surface area contributed by atoms with E-state index in [1.807, 2.05) is 18.2 Å². The zero-order valence-electron chi connectivity index (χ0n) is 9.39. The summed E-state index contributed by atoms with van der Waals surface area (Å²) in [6, 6.07) is 5.80. The van der Waals surface area contributed by atoms with Gasteiger partial charge in [0.1, 0.15) is 0 Å². The number of hydrogen-bond donors (Lipinski definition) is 1. The Morgan fingerprint density at radius 3 is 2.53 bits per heavy atom. The molecule has 1 aromatic rings. The van der Waals surface area contributed by atoms with Crippen LogP contribution < -0.4 is 5.73 Å². The van der Waals surface area contributed by atoms with Crippen LogP contribution in [0, 0.1) is 0 Å². The lowest BCUT2D eigenvalue weighted by Gasteiger charge is -2.26. The summed E-state index contributed by atoms with van der Waals surface area (Å²) in [5.41, 5.74) is 7.71. The number of halogens is 1. The predicted octanol–water partition coefficient (Wildman–Crippen LogP) is 1.26. The molecule has 0 radical (unpaired) electrons. The van der Waals surface area contributed by atoms with Crippen molar-refractivity contribution >= 4 is 31.5 Å². The highest BCUT2D eigenvalue weighted by atomic mass is 79.9. The maximum atomic E-state index is 11.3. The van der Waals surface area contributed by atoms with Crippen molar-refractivity contribution in [3.8, 4) is 0 Å². The van der Waals surface area contributed by atoms with Crippen molar-refractivity contribution in [1.82, 2.24) is 4.90 Å². The first-order valence-electron chi connectivity index (χ1n) is 5.43. The van der Waals surface area contributed by atoms with E-state index in [9.17, 15) is 8.42 Å². The van der Waals surface area contributed by atoms with Gasteiger partial charge in [-0.3, -0.25) is 4.90 Å². The molecule has 0 aromatic heterocycles. The molecular formula is C11H15BrN2O2S. The largest absolute Gasteiger partial charge is 0.398 e. The second-order valence-electron chi connectivity index (χ2n) is 4.27. The number of anilines is 1. The molecule has 6 heteroatoms. The van der Waals surface area contributed by atoms with Crippen molar-refractivity contribution in [1.29, 1.82) is 0 Å². The van der Waals surface area contributed by atoms with Crippen LogP contribution in [-0.4, -0.2) is 37.9 Å². The Labute approximate surface area is 110 Å². The summed E-state index contributed by atoms with van der Waals surface area (Å²) in [5, 5.41) is 0. The SMILES string of the molecule is Nc1cc(Br)ccc1CN1CCS(=O)(=O)CC1. The van der Waals surface area contributed by atoms with Gasteiger partial charge >= 0.3 is 0 Å². The van der Waals surface area contributed by atoms with Crippen LogP contribution in [0.15, 0.2) is 22.7 Å².